The van der Waals surface area contributed by atoms with E-state index in [1.807, 2.05) is 11.1 Å². The Bertz CT molecular complexity index is 1560. The van der Waals surface area contributed by atoms with Gasteiger partial charge in [-0.1, -0.05) is 23.2 Å². The van der Waals surface area contributed by atoms with Crippen LogP contribution >= 0.6 is 23.2 Å². The number of rotatable bonds is 10. The second kappa shape index (κ2) is 13.2. The molecular formula is C28H29Cl2N7O6. The highest BCUT2D eigenvalue weighted by molar-refractivity contribution is 6.40. The molecule has 0 bridgehead atoms. The van der Waals surface area contributed by atoms with Crippen LogP contribution in [0.1, 0.15) is 44.9 Å². The fourth-order valence-corrected chi connectivity index (χ4v) is 6.12. The van der Waals surface area contributed by atoms with E-state index in [1.165, 1.54) is 0 Å². The van der Waals surface area contributed by atoms with Crippen molar-refractivity contribution in [1.29, 1.82) is 5.26 Å². The Hall–Kier alpha value is -3.93. The lowest BCUT2D eigenvalue weighted by atomic mass is 9.96. The maximum atomic E-state index is 13.2. The first-order chi connectivity index (χ1) is 20.7. The summed E-state index contributed by atoms with van der Waals surface area (Å²) in [6.07, 6.45) is 3.25. The van der Waals surface area contributed by atoms with Crippen LogP contribution in [0.4, 0.5) is 0 Å². The van der Waals surface area contributed by atoms with Gasteiger partial charge in [0.15, 0.2) is 12.0 Å². The van der Waals surface area contributed by atoms with Gasteiger partial charge in [0.05, 0.1) is 21.7 Å². The van der Waals surface area contributed by atoms with Crippen LogP contribution in [-0.4, -0.2) is 87.4 Å². The number of carbonyl (C=O) groups is 3. The second-order valence-corrected chi connectivity index (χ2v) is 11.2. The fourth-order valence-electron chi connectivity index (χ4n) is 5.36. The van der Waals surface area contributed by atoms with Gasteiger partial charge < -0.3 is 24.8 Å². The van der Waals surface area contributed by atoms with Crippen molar-refractivity contribution >= 4 is 52.1 Å². The van der Waals surface area contributed by atoms with Crippen molar-refractivity contribution in [3.8, 4) is 6.19 Å². The minimum Gasteiger partial charge on any atom is -0.480 e. The van der Waals surface area contributed by atoms with Gasteiger partial charge in [0.2, 0.25) is 5.71 Å². The lowest BCUT2D eigenvalue weighted by molar-refractivity contribution is -0.139. The number of carboxylic acid groups (broad SMARTS) is 1. The minimum atomic E-state index is -1.28. The van der Waals surface area contributed by atoms with E-state index in [4.69, 9.17) is 32.9 Å². The Labute approximate surface area is 256 Å². The molecule has 1 saturated heterocycles. The summed E-state index contributed by atoms with van der Waals surface area (Å²) in [6.45, 7) is 1.57. The Kier molecular flexibility index (Phi) is 9.34. The number of fused-ring (bicyclic) bond motifs is 2. The molecule has 5 rings (SSSR count). The number of nitriles is 1. The number of aliphatic hydroxyl groups is 1. The topological polar surface area (TPSA) is 184 Å². The van der Waals surface area contributed by atoms with Crippen LogP contribution in [0.15, 0.2) is 34.9 Å². The Morgan fingerprint density at radius 3 is 2.77 bits per heavy atom. The number of amides is 2. The molecule has 2 aromatic heterocycles. The Balaban J connectivity index is 1.24. The molecule has 0 spiro atoms. The number of nitrogens with zero attached hydrogens (tertiary/aromatic N) is 4. The zero-order valence-corrected chi connectivity index (χ0v) is 24.4. The largest absolute Gasteiger partial charge is 0.480 e. The molecule has 2 aliphatic heterocycles. The number of furan rings is 1. The standard InChI is InChI=1S/C28H29Cl2N7O6/c29-19-10-16-12-36(26(40)21-11-15-2-1-6-32-25(15)43-21)9-5-18(16)23(30)22(19)24(39)35-20(27(41)42)3-7-33-28(34-14-31)37-8-4-17(38)13-37/h1-2,6,10-11,17,20,28,33-34,38H,3-5,7-9,12-13H2,(H,35,39)(H,41,42)/t17-,20-,28?/m0/s1. The van der Waals surface area contributed by atoms with Gasteiger partial charge in [0.1, 0.15) is 12.3 Å². The average molecular weight is 630 g/mol. The number of aromatic nitrogens is 1. The number of pyridine rings is 1. The monoisotopic (exact) mass is 629 g/mol. The van der Waals surface area contributed by atoms with Crippen LogP contribution in [0.2, 0.25) is 10.0 Å². The van der Waals surface area contributed by atoms with Gasteiger partial charge in [-0.25, -0.2) is 9.78 Å². The molecule has 0 saturated carbocycles. The molecule has 226 valence electrons. The summed E-state index contributed by atoms with van der Waals surface area (Å²) < 4.78 is 5.62. The highest BCUT2D eigenvalue weighted by atomic mass is 35.5. The number of likely N-dealkylation sites (tertiary alicyclic amines) is 1. The van der Waals surface area contributed by atoms with E-state index < -0.39 is 30.3 Å². The first-order valence-electron chi connectivity index (χ1n) is 13.6. The van der Waals surface area contributed by atoms with E-state index in [1.54, 1.807) is 35.4 Å². The van der Waals surface area contributed by atoms with Crippen LogP contribution in [0.25, 0.3) is 11.1 Å². The van der Waals surface area contributed by atoms with Crippen molar-refractivity contribution in [2.75, 3.05) is 26.2 Å². The molecule has 1 fully saturated rings. The third-order valence-electron chi connectivity index (χ3n) is 7.56. The number of aliphatic hydroxyl groups excluding tert-OH is 1. The Morgan fingerprint density at radius 2 is 2.07 bits per heavy atom. The van der Waals surface area contributed by atoms with Crippen LogP contribution in [0, 0.1) is 11.5 Å². The minimum absolute atomic E-state index is 0.00433. The van der Waals surface area contributed by atoms with Gasteiger partial charge in [0, 0.05) is 44.3 Å². The van der Waals surface area contributed by atoms with Gasteiger partial charge in [-0.2, -0.15) is 5.26 Å². The van der Waals surface area contributed by atoms with E-state index in [-0.39, 0.29) is 46.8 Å². The second-order valence-electron chi connectivity index (χ2n) is 10.4. The molecule has 0 aliphatic carbocycles. The van der Waals surface area contributed by atoms with Crippen LogP contribution in [0.5, 0.6) is 0 Å². The third-order valence-corrected chi connectivity index (χ3v) is 8.27. The SMILES string of the molecule is N#CNC(NCC[C@H](NC(=O)c1c(Cl)cc2c(c1Cl)CCN(C(=O)c1cc3cccnc3o1)C2)C(=O)O)N1CC[C@H](O)C1. The zero-order valence-electron chi connectivity index (χ0n) is 22.8. The maximum Gasteiger partial charge on any atom is 0.326 e. The summed E-state index contributed by atoms with van der Waals surface area (Å²) >= 11 is 13.1. The number of benzene rings is 1. The zero-order chi connectivity index (χ0) is 30.7. The quantitative estimate of drug-likeness (QED) is 0.125. The molecule has 3 aromatic rings. The first-order valence-corrected chi connectivity index (χ1v) is 14.4. The van der Waals surface area contributed by atoms with Gasteiger partial charge in [0.25, 0.3) is 11.8 Å². The third kappa shape index (κ3) is 6.69. The number of β-amino-alcohol motifs (C(OH)–C–C–N with tert-alkyl or cyclic N) is 1. The number of hydrogen-bond acceptors (Lipinski definition) is 10. The molecule has 43 heavy (non-hydrogen) atoms. The van der Waals surface area contributed by atoms with Crippen molar-refractivity contribution in [3.63, 3.8) is 0 Å². The summed E-state index contributed by atoms with van der Waals surface area (Å²) in [5, 5.41) is 37.6. The summed E-state index contributed by atoms with van der Waals surface area (Å²) in [6, 6.07) is 5.48. The van der Waals surface area contributed by atoms with E-state index in [9.17, 15) is 24.6 Å². The summed E-state index contributed by atoms with van der Waals surface area (Å²) in [5.74, 6) is -2.15. The summed E-state index contributed by atoms with van der Waals surface area (Å²) in [4.78, 5) is 45.9. The number of hydrogen-bond donors (Lipinski definition) is 5. The van der Waals surface area contributed by atoms with E-state index in [2.05, 4.69) is 20.9 Å². The normalized spacial score (nSPS) is 18.1. The Morgan fingerprint density at radius 1 is 1.26 bits per heavy atom. The molecule has 1 unspecified atom stereocenters. The van der Waals surface area contributed by atoms with E-state index in [0.29, 0.717) is 54.7 Å². The predicted molar refractivity (Wildman–Crippen MR) is 155 cm³/mol. The summed E-state index contributed by atoms with van der Waals surface area (Å²) in [5.41, 5.74) is 1.64. The smallest absolute Gasteiger partial charge is 0.326 e. The molecule has 0 radical (unpaired) electrons. The predicted octanol–water partition coefficient (Wildman–Crippen LogP) is 1.92. The highest BCUT2D eigenvalue weighted by Gasteiger charge is 2.31. The average Bonchev–Trinajstić information content (AvgIpc) is 3.61. The number of aliphatic carboxylic acids is 1. The van der Waals surface area contributed by atoms with Crippen molar-refractivity contribution in [1.82, 2.24) is 30.7 Å². The van der Waals surface area contributed by atoms with Crippen molar-refractivity contribution in [2.45, 2.75) is 44.2 Å². The van der Waals surface area contributed by atoms with Crippen molar-refractivity contribution in [2.24, 2.45) is 0 Å². The van der Waals surface area contributed by atoms with Gasteiger partial charge in [-0.15, -0.1) is 0 Å². The van der Waals surface area contributed by atoms with Gasteiger partial charge in [-0.05, 0) is 54.7 Å². The number of halogens is 2. The molecule has 2 amide bonds. The molecule has 13 nitrogen and oxygen atoms in total. The molecule has 1 aromatic carbocycles. The van der Waals surface area contributed by atoms with Crippen LogP contribution in [-0.2, 0) is 17.8 Å². The first kappa shape index (κ1) is 30.5. The fraction of sp³-hybridized carbons (Fsp3) is 0.393. The lowest BCUT2D eigenvalue weighted by Gasteiger charge is -2.30. The molecule has 3 atom stereocenters. The van der Waals surface area contributed by atoms with Crippen molar-refractivity contribution < 1.29 is 29.0 Å². The molecule has 15 heteroatoms. The van der Waals surface area contributed by atoms with Gasteiger partial charge >= 0.3 is 5.97 Å². The number of carboxylic acids is 1. The van der Waals surface area contributed by atoms with Crippen molar-refractivity contribution in [3.05, 3.63) is 63.0 Å². The van der Waals surface area contributed by atoms with Crippen LogP contribution < -0.4 is 16.0 Å². The number of nitrogens with one attached hydrogen (secondary N) is 3. The number of carbonyl (C=O) groups excluding carboxylic acids is 2. The van der Waals surface area contributed by atoms with Crippen LogP contribution in [0.3, 0.4) is 0 Å². The molecule has 5 N–H and O–H groups in total. The summed E-state index contributed by atoms with van der Waals surface area (Å²) in [7, 11) is 0. The maximum absolute atomic E-state index is 13.2. The van der Waals surface area contributed by atoms with E-state index in [0.717, 1.165) is 0 Å². The highest BCUT2D eigenvalue weighted by Crippen LogP contribution is 2.35. The molecular weight excluding hydrogens is 601 g/mol. The molecule has 4 heterocycles. The van der Waals surface area contributed by atoms with E-state index >= 15 is 0 Å². The van der Waals surface area contributed by atoms with Gasteiger partial charge in [-0.3, -0.25) is 25.1 Å². The lowest BCUT2D eigenvalue weighted by Crippen LogP contribution is -2.54. The molecule has 2 aliphatic rings.